The van der Waals surface area contributed by atoms with Gasteiger partial charge in [-0.15, -0.1) is 16.4 Å². The number of carbonyl (C=O) groups is 1. The third kappa shape index (κ3) is 3.02. The summed E-state index contributed by atoms with van der Waals surface area (Å²) in [5.41, 5.74) is 2.76. The van der Waals surface area contributed by atoms with Gasteiger partial charge < -0.3 is 16.0 Å². The van der Waals surface area contributed by atoms with Crippen LogP contribution in [-0.2, 0) is 0 Å². The third-order valence-electron chi connectivity index (χ3n) is 4.03. The molecule has 4 rings (SSSR count). The Bertz CT molecular complexity index is 957. The van der Waals surface area contributed by atoms with Crippen LogP contribution in [0.5, 0.6) is 0 Å². The number of aromatic nitrogens is 4. The summed E-state index contributed by atoms with van der Waals surface area (Å²) < 4.78 is 1.58. The van der Waals surface area contributed by atoms with Crippen LogP contribution in [-0.4, -0.2) is 38.6 Å². The molecule has 3 N–H and O–H groups in total. The van der Waals surface area contributed by atoms with E-state index in [0.29, 0.717) is 17.2 Å². The first-order valence-corrected chi connectivity index (χ1v) is 8.95. The third-order valence-corrected chi connectivity index (χ3v) is 5.02. The molecule has 0 unspecified atom stereocenters. The summed E-state index contributed by atoms with van der Waals surface area (Å²) in [6.45, 7) is 3.92. The number of fused-ring (bicyclic) bond motifs is 1. The van der Waals surface area contributed by atoms with E-state index in [2.05, 4.69) is 31.0 Å². The van der Waals surface area contributed by atoms with Crippen LogP contribution >= 0.6 is 11.3 Å². The Morgan fingerprint density at radius 2 is 2.16 bits per heavy atom. The zero-order valence-electron chi connectivity index (χ0n) is 14.3. The number of amides is 1. The SMILES string of the molecule is CNc1cc(Nc2sc(C)nc2C)nn2c(C(=O)NC3CC3)cnc12. The fraction of sp³-hybridized carbons (Fsp3) is 0.375. The van der Waals surface area contributed by atoms with Gasteiger partial charge in [0, 0.05) is 19.2 Å². The molecule has 8 nitrogen and oxygen atoms in total. The van der Waals surface area contributed by atoms with Crippen molar-refractivity contribution in [2.45, 2.75) is 32.7 Å². The van der Waals surface area contributed by atoms with Crippen molar-refractivity contribution >= 4 is 39.4 Å². The summed E-state index contributed by atoms with van der Waals surface area (Å²) in [5, 5.41) is 15.9. The Kier molecular flexibility index (Phi) is 3.79. The van der Waals surface area contributed by atoms with Gasteiger partial charge in [0.2, 0.25) is 0 Å². The molecule has 0 aliphatic heterocycles. The zero-order valence-corrected chi connectivity index (χ0v) is 15.1. The molecule has 9 heteroatoms. The quantitative estimate of drug-likeness (QED) is 0.649. The molecule has 3 aromatic heterocycles. The second-order valence-electron chi connectivity index (χ2n) is 6.09. The van der Waals surface area contributed by atoms with Gasteiger partial charge in [-0.25, -0.2) is 14.5 Å². The maximum atomic E-state index is 12.4. The molecule has 1 aliphatic carbocycles. The number of imidazole rings is 1. The van der Waals surface area contributed by atoms with E-state index in [9.17, 15) is 4.79 Å². The predicted octanol–water partition coefficient (Wildman–Crippen LogP) is 2.48. The molecular formula is C16H19N7OS. The van der Waals surface area contributed by atoms with Crippen LogP contribution in [0.25, 0.3) is 5.65 Å². The Morgan fingerprint density at radius 3 is 2.80 bits per heavy atom. The highest BCUT2D eigenvalue weighted by molar-refractivity contribution is 7.15. The lowest BCUT2D eigenvalue weighted by Crippen LogP contribution is -2.27. The average Bonchev–Trinajstić information content (AvgIpc) is 3.19. The molecule has 25 heavy (non-hydrogen) atoms. The van der Waals surface area contributed by atoms with E-state index < -0.39 is 0 Å². The van der Waals surface area contributed by atoms with Gasteiger partial charge in [0.1, 0.15) is 5.00 Å². The number of rotatable bonds is 5. The first-order chi connectivity index (χ1) is 12.0. The maximum absolute atomic E-state index is 12.4. The molecule has 0 atom stereocenters. The fourth-order valence-electron chi connectivity index (χ4n) is 2.62. The highest BCUT2D eigenvalue weighted by Crippen LogP contribution is 2.28. The van der Waals surface area contributed by atoms with Gasteiger partial charge in [-0.2, -0.15) is 0 Å². The van der Waals surface area contributed by atoms with Crippen LogP contribution in [0.4, 0.5) is 16.5 Å². The minimum absolute atomic E-state index is 0.147. The van der Waals surface area contributed by atoms with Crippen molar-refractivity contribution in [2.24, 2.45) is 0 Å². The standard InChI is InChI=1S/C16H19N7OS/c1-8-16(25-9(2)19-8)21-13-6-11(17-3)14-18-7-12(23(14)22-13)15(24)20-10-4-5-10/h6-7,10,17H,4-5H2,1-3H3,(H,20,24)(H,21,22). The topological polar surface area (TPSA) is 96.2 Å². The number of hydrogen-bond donors (Lipinski definition) is 3. The first-order valence-electron chi connectivity index (χ1n) is 8.13. The van der Waals surface area contributed by atoms with E-state index in [0.717, 1.165) is 34.2 Å². The lowest BCUT2D eigenvalue weighted by molar-refractivity contribution is 0.0944. The predicted molar refractivity (Wildman–Crippen MR) is 97.9 cm³/mol. The van der Waals surface area contributed by atoms with Crippen molar-refractivity contribution in [3.8, 4) is 0 Å². The molecule has 1 fully saturated rings. The van der Waals surface area contributed by atoms with E-state index in [4.69, 9.17) is 0 Å². The van der Waals surface area contributed by atoms with Crippen LogP contribution < -0.4 is 16.0 Å². The van der Waals surface area contributed by atoms with Gasteiger partial charge in [0.05, 0.1) is 22.6 Å². The monoisotopic (exact) mass is 357 g/mol. The highest BCUT2D eigenvalue weighted by atomic mass is 32.1. The van der Waals surface area contributed by atoms with Gasteiger partial charge in [0.25, 0.3) is 5.91 Å². The molecule has 0 bridgehead atoms. The smallest absolute Gasteiger partial charge is 0.271 e. The average molecular weight is 357 g/mol. The Labute approximate surface area is 148 Å². The number of thiazole rings is 1. The number of anilines is 3. The summed E-state index contributed by atoms with van der Waals surface area (Å²) >= 11 is 1.57. The van der Waals surface area contributed by atoms with E-state index in [1.165, 1.54) is 0 Å². The lowest BCUT2D eigenvalue weighted by Gasteiger charge is -2.09. The van der Waals surface area contributed by atoms with Gasteiger partial charge in [-0.1, -0.05) is 0 Å². The Morgan fingerprint density at radius 1 is 1.36 bits per heavy atom. The van der Waals surface area contributed by atoms with Crippen molar-refractivity contribution in [1.29, 1.82) is 0 Å². The van der Waals surface area contributed by atoms with Crippen molar-refractivity contribution < 1.29 is 4.79 Å². The zero-order chi connectivity index (χ0) is 17.6. The maximum Gasteiger partial charge on any atom is 0.271 e. The number of carbonyl (C=O) groups excluding carboxylic acids is 1. The minimum Gasteiger partial charge on any atom is -0.385 e. The van der Waals surface area contributed by atoms with Crippen LogP contribution in [0.15, 0.2) is 12.3 Å². The molecule has 130 valence electrons. The minimum atomic E-state index is -0.147. The van der Waals surface area contributed by atoms with E-state index in [-0.39, 0.29) is 11.9 Å². The van der Waals surface area contributed by atoms with Crippen molar-refractivity contribution in [3.63, 3.8) is 0 Å². The van der Waals surface area contributed by atoms with E-state index in [1.807, 2.05) is 27.0 Å². The van der Waals surface area contributed by atoms with Crippen molar-refractivity contribution in [1.82, 2.24) is 24.9 Å². The van der Waals surface area contributed by atoms with Crippen LogP contribution in [0.2, 0.25) is 0 Å². The van der Waals surface area contributed by atoms with E-state index in [1.54, 1.807) is 22.0 Å². The molecule has 0 spiro atoms. The normalized spacial score (nSPS) is 13.9. The van der Waals surface area contributed by atoms with Crippen molar-refractivity contribution in [3.05, 3.63) is 28.7 Å². The summed E-state index contributed by atoms with van der Waals surface area (Å²) in [6.07, 6.45) is 3.63. The summed E-state index contributed by atoms with van der Waals surface area (Å²) in [7, 11) is 1.82. The largest absolute Gasteiger partial charge is 0.385 e. The van der Waals surface area contributed by atoms with Gasteiger partial charge in [0.15, 0.2) is 17.2 Å². The second-order valence-corrected chi connectivity index (χ2v) is 7.30. The fourth-order valence-corrected chi connectivity index (χ4v) is 3.45. The molecule has 0 aromatic carbocycles. The van der Waals surface area contributed by atoms with Gasteiger partial charge in [-0.05, 0) is 26.7 Å². The molecule has 1 saturated carbocycles. The van der Waals surface area contributed by atoms with Crippen LogP contribution in [0.1, 0.15) is 34.0 Å². The molecule has 0 radical (unpaired) electrons. The molecule has 1 aliphatic rings. The summed E-state index contributed by atoms with van der Waals surface area (Å²) in [6, 6.07) is 2.16. The second kappa shape index (κ2) is 5.99. The Balaban J connectivity index is 1.74. The molecule has 0 saturated heterocycles. The molecule has 3 aromatic rings. The summed E-state index contributed by atoms with van der Waals surface area (Å²) in [5.74, 6) is 0.480. The van der Waals surface area contributed by atoms with E-state index >= 15 is 0 Å². The van der Waals surface area contributed by atoms with Gasteiger partial charge >= 0.3 is 0 Å². The molecule has 1 amide bonds. The number of nitrogens with zero attached hydrogens (tertiary/aromatic N) is 4. The van der Waals surface area contributed by atoms with Crippen LogP contribution in [0.3, 0.4) is 0 Å². The Hall–Kier alpha value is -2.68. The van der Waals surface area contributed by atoms with Gasteiger partial charge in [-0.3, -0.25) is 4.79 Å². The van der Waals surface area contributed by atoms with Crippen LogP contribution in [0, 0.1) is 13.8 Å². The summed E-state index contributed by atoms with van der Waals surface area (Å²) in [4.78, 5) is 21.2. The number of nitrogens with one attached hydrogen (secondary N) is 3. The highest BCUT2D eigenvalue weighted by Gasteiger charge is 2.26. The lowest BCUT2D eigenvalue weighted by atomic mass is 10.4. The number of hydrogen-bond acceptors (Lipinski definition) is 7. The molecular weight excluding hydrogens is 338 g/mol. The number of aryl methyl sites for hydroxylation is 2. The molecule has 3 heterocycles. The first kappa shape index (κ1) is 15.8. The van der Waals surface area contributed by atoms with Crippen molar-refractivity contribution in [2.75, 3.05) is 17.7 Å².